The molecular formula is C21H21F6N3O5S. The lowest BCUT2D eigenvalue weighted by molar-refractivity contribution is -0.193. The number of halogens is 6. The number of nitrogens with zero attached hydrogens (tertiary/aromatic N) is 3. The molecule has 2 atom stereocenters. The van der Waals surface area contributed by atoms with E-state index in [-0.39, 0.29) is 5.91 Å². The van der Waals surface area contributed by atoms with Crippen molar-refractivity contribution >= 4 is 34.9 Å². The normalized spacial score (nSPS) is 19.9. The summed E-state index contributed by atoms with van der Waals surface area (Å²) in [6, 6.07) is 8.98. The molecule has 2 saturated heterocycles. The van der Waals surface area contributed by atoms with E-state index in [0.717, 1.165) is 31.6 Å². The van der Waals surface area contributed by atoms with Crippen molar-refractivity contribution in [2.45, 2.75) is 50.2 Å². The molecule has 0 spiro atoms. The SMILES string of the molecule is O=C(O)C(F)(F)F.O=C(O)C(F)(F)F.O=C1CC[C@H]2[C@H](CCN2Cc2cccs2)N1c1cccnc1. The third-order valence-electron chi connectivity index (χ3n) is 5.23. The monoisotopic (exact) mass is 541 g/mol. The summed E-state index contributed by atoms with van der Waals surface area (Å²) in [6.07, 6.45) is -3.94. The molecule has 198 valence electrons. The zero-order valence-corrected chi connectivity index (χ0v) is 19.2. The quantitative estimate of drug-likeness (QED) is 0.561. The van der Waals surface area contributed by atoms with E-state index in [0.29, 0.717) is 18.5 Å². The van der Waals surface area contributed by atoms with Gasteiger partial charge in [0.1, 0.15) is 0 Å². The second-order valence-electron chi connectivity index (χ2n) is 7.59. The number of aromatic nitrogens is 1. The summed E-state index contributed by atoms with van der Waals surface area (Å²) < 4.78 is 63.5. The number of amides is 1. The van der Waals surface area contributed by atoms with E-state index in [9.17, 15) is 31.1 Å². The lowest BCUT2D eigenvalue weighted by Crippen LogP contribution is -2.52. The molecule has 0 aromatic carbocycles. The third-order valence-corrected chi connectivity index (χ3v) is 6.09. The van der Waals surface area contributed by atoms with Gasteiger partial charge in [-0.15, -0.1) is 11.3 Å². The molecule has 4 heterocycles. The number of likely N-dealkylation sites (tertiary alicyclic amines) is 1. The molecule has 4 rings (SSSR count). The molecule has 0 bridgehead atoms. The standard InChI is InChI=1S/C17H19N3OS.2C2HF3O2/c21-17-6-5-15-16(20(17)13-3-1-8-18-11-13)7-9-19(15)12-14-4-2-10-22-14;2*3-2(4,5)1(6)7/h1-4,8,10-11,15-16H,5-7,9,12H2;2*(H,6,7)/t15-,16-;;/m0../s1. The summed E-state index contributed by atoms with van der Waals surface area (Å²) in [5, 5.41) is 16.4. The van der Waals surface area contributed by atoms with Gasteiger partial charge in [-0.05, 0) is 36.4 Å². The first-order valence-electron chi connectivity index (χ1n) is 10.3. The van der Waals surface area contributed by atoms with Crippen molar-refractivity contribution in [2.75, 3.05) is 11.4 Å². The van der Waals surface area contributed by atoms with Gasteiger partial charge in [0, 0.05) is 36.6 Å². The summed E-state index contributed by atoms with van der Waals surface area (Å²) in [5.41, 5.74) is 0.945. The first-order valence-corrected chi connectivity index (χ1v) is 11.2. The molecule has 0 unspecified atom stereocenters. The molecule has 36 heavy (non-hydrogen) atoms. The lowest BCUT2D eigenvalue weighted by Gasteiger charge is -2.39. The van der Waals surface area contributed by atoms with Gasteiger partial charge in [-0.3, -0.25) is 14.7 Å². The zero-order valence-electron chi connectivity index (χ0n) is 18.4. The Kier molecular flexibility index (Phi) is 9.81. The number of fused-ring (bicyclic) bond motifs is 1. The maximum absolute atomic E-state index is 12.4. The van der Waals surface area contributed by atoms with Gasteiger partial charge in [-0.2, -0.15) is 26.3 Å². The van der Waals surface area contributed by atoms with Crippen molar-refractivity contribution in [1.82, 2.24) is 9.88 Å². The number of carbonyl (C=O) groups is 3. The van der Waals surface area contributed by atoms with Crippen LogP contribution in [-0.2, 0) is 20.9 Å². The Hall–Kier alpha value is -3.20. The predicted molar refractivity (Wildman–Crippen MR) is 115 cm³/mol. The van der Waals surface area contributed by atoms with Gasteiger partial charge in [0.15, 0.2) is 0 Å². The second kappa shape index (κ2) is 12.2. The molecule has 0 aliphatic carbocycles. The van der Waals surface area contributed by atoms with Crippen LogP contribution >= 0.6 is 11.3 Å². The number of aliphatic carboxylic acids is 2. The van der Waals surface area contributed by atoms with E-state index in [4.69, 9.17) is 19.8 Å². The van der Waals surface area contributed by atoms with E-state index < -0.39 is 24.3 Å². The second-order valence-corrected chi connectivity index (χ2v) is 8.62. The van der Waals surface area contributed by atoms with Crippen LogP contribution in [0.15, 0.2) is 42.0 Å². The van der Waals surface area contributed by atoms with Crippen molar-refractivity contribution in [2.24, 2.45) is 0 Å². The summed E-state index contributed by atoms with van der Waals surface area (Å²) in [6.45, 7) is 2.07. The Morgan fingerprint density at radius 1 is 1.00 bits per heavy atom. The van der Waals surface area contributed by atoms with Gasteiger partial charge in [-0.25, -0.2) is 9.59 Å². The Bertz CT molecular complexity index is 993. The van der Waals surface area contributed by atoms with Crippen LogP contribution in [0.5, 0.6) is 0 Å². The number of hydrogen-bond donors (Lipinski definition) is 2. The molecule has 0 saturated carbocycles. The van der Waals surface area contributed by atoms with E-state index in [2.05, 4.69) is 27.4 Å². The van der Waals surface area contributed by atoms with Gasteiger partial charge >= 0.3 is 24.3 Å². The van der Waals surface area contributed by atoms with Crippen molar-refractivity contribution < 1.29 is 50.9 Å². The number of rotatable bonds is 3. The van der Waals surface area contributed by atoms with Crippen LogP contribution in [0.1, 0.15) is 24.1 Å². The van der Waals surface area contributed by atoms with E-state index in [1.165, 1.54) is 4.88 Å². The van der Waals surface area contributed by atoms with Gasteiger partial charge in [0.25, 0.3) is 0 Å². The number of pyridine rings is 1. The highest BCUT2D eigenvalue weighted by Gasteiger charge is 2.43. The largest absolute Gasteiger partial charge is 0.490 e. The number of hydrogen-bond acceptors (Lipinski definition) is 6. The maximum atomic E-state index is 12.4. The van der Waals surface area contributed by atoms with Gasteiger partial charge in [0.2, 0.25) is 5.91 Å². The smallest absolute Gasteiger partial charge is 0.475 e. The molecule has 2 fully saturated rings. The Morgan fingerprint density at radius 2 is 1.61 bits per heavy atom. The molecule has 1 amide bonds. The van der Waals surface area contributed by atoms with Crippen molar-refractivity contribution in [1.29, 1.82) is 0 Å². The number of piperidine rings is 1. The lowest BCUT2D eigenvalue weighted by atomic mass is 9.95. The summed E-state index contributed by atoms with van der Waals surface area (Å²) in [5.74, 6) is -5.27. The van der Waals surface area contributed by atoms with E-state index in [1.54, 1.807) is 6.20 Å². The minimum Gasteiger partial charge on any atom is -0.475 e. The summed E-state index contributed by atoms with van der Waals surface area (Å²) in [4.78, 5) is 40.4. The van der Waals surface area contributed by atoms with Crippen LogP contribution in [0, 0.1) is 0 Å². The average molecular weight is 541 g/mol. The molecule has 2 N–H and O–H groups in total. The molecule has 2 aromatic rings. The first kappa shape index (κ1) is 29.0. The molecular weight excluding hydrogens is 520 g/mol. The van der Waals surface area contributed by atoms with Crippen LogP contribution in [0.25, 0.3) is 0 Å². The number of carboxylic acids is 2. The number of carboxylic acid groups (broad SMARTS) is 2. The number of anilines is 1. The molecule has 2 aliphatic rings. The predicted octanol–water partition coefficient (Wildman–Crippen LogP) is 4.18. The number of carbonyl (C=O) groups excluding carboxylic acids is 1. The van der Waals surface area contributed by atoms with E-state index in [1.807, 2.05) is 34.6 Å². The van der Waals surface area contributed by atoms with Crippen LogP contribution in [-0.4, -0.2) is 68.9 Å². The average Bonchev–Trinajstić information content (AvgIpc) is 3.44. The number of thiophene rings is 1. The first-order chi connectivity index (χ1) is 16.7. The van der Waals surface area contributed by atoms with Crippen LogP contribution in [0.3, 0.4) is 0 Å². The Labute approximate surface area is 204 Å². The fourth-order valence-electron chi connectivity index (χ4n) is 3.78. The highest BCUT2D eigenvalue weighted by atomic mass is 32.1. The zero-order chi connectivity index (χ0) is 27.1. The molecule has 8 nitrogen and oxygen atoms in total. The highest BCUT2D eigenvalue weighted by molar-refractivity contribution is 7.09. The fourth-order valence-corrected chi connectivity index (χ4v) is 4.51. The van der Waals surface area contributed by atoms with E-state index >= 15 is 0 Å². The van der Waals surface area contributed by atoms with Crippen LogP contribution in [0.4, 0.5) is 32.0 Å². The third kappa shape index (κ3) is 8.19. The Morgan fingerprint density at radius 3 is 2.08 bits per heavy atom. The molecule has 15 heteroatoms. The molecule has 2 aromatic heterocycles. The molecule has 0 radical (unpaired) electrons. The van der Waals surface area contributed by atoms with Crippen LogP contribution in [0.2, 0.25) is 0 Å². The highest BCUT2D eigenvalue weighted by Crippen LogP contribution is 2.35. The minimum absolute atomic E-state index is 0.243. The minimum atomic E-state index is -5.08. The topological polar surface area (TPSA) is 111 Å². The van der Waals surface area contributed by atoms with Gasteiger partial charge in [-0.1, -0.05) is 6.07 Å². The van der Waals surface area contributed by atoms with Crippen molar-refractivity contribution in [3.8, 4) is 0 Å². The fraction of sp³-hybridized carbons (Fsp3) is 0.429. The van der Waals surface area contributed by atoms with Gasteiger partial charge in [0.05, 0.1) is 17.9 Å². The summed E-state index contributed by atoms with van der Waals surface area (Å²) >= 11 is 1.81. The number of alkyl halides is 6. The van der Waals surface area contributed by atoms with Gasteiger partial charge < -0.3 is 15.1 Å². The maximum Gasteiger partial charge on any atom is 0.490 e. The summed E-state index contributed by atoms with van der Waals surface area (Å²) in [7, 11) is 0. The molecule has 2 aliphatic heterocycles. The van der Waals surface area contributed by atoms with Crippen molar-refractivity contribution in [3.63, 3.8) is 0 Å². The van der Waals surface area contributed by atoms with Crippen LogP contribution < -0.4 is 4.90 Å². The van der Waals surface area contributed by atoms with Crippen molar-refractivity contribution in [3.05, 3.63) is 46.9 Å². The Balaban J connectivity index is 0.000000271.